The van der Waals surface area contributed by atoms with Gasteiger partial charge in [-0.15, -0.1) is 0 Å². The number of allylic oxidation sites excluding steroid dienone is 2. The average molecular weight is 189 g/mol. The highest BCUT2D eigenvalue weighted by molar-refractivity contribution is 7.45. The molecule has 0 amide bonds. The highest BCUT2D eigenvalue weighted by Crippen LogP contribution is 2.34. The molecule has 4 heteroatoms. The predicted molar refractivity (Wildman–Crippen MR) is 50.4 cm³/mol. The summed E-state index contributed by atoms with van der Waals surface area (Å²) in [6, 6.07) is 0. The first-order valence-electron chi connectivity index (χ1n) is 4.27. The summed E-state index contributed by atoms with van der Waals surface area (Å²) in [6.45, 7) is 0. The van der Waals surface area contributed by atoms with Crippen molar-refractivity contribution >= 4 is 8.38 Å². The van der Waals surface area contributed by atoms with Crippen molar-refractivity contribution in [3.05, 3.63) is 12.2 Å². The summed E-state index contributed by atoms with van der Waals surface area (Å²) in [6.07, 6.45) is 8.33. The minimum atomic E-state index is -1.93. The molecule has 1 aliphatic rings. The first kappa shape index (κ1) is 10.1. The summed E-state index contributed by atoms with van der Waals surface area (Å²) in [7, 11) is -1.93. The molecular formula is C8H16NO2P. The molecule has 0 bridgehead atoms. The topological polar surface area (TPSA) is 66.5 Å². The fraction of sp³-hybridized carbons (Fsp3) is 0.750. The largest absolute Gasteiger partial charge is 0.349 e. The molecule has 0 fully saturated rings. The Morgan fingerprint density at radius 3 is 2.75 bits per heavy atom. The van der Waals surface area contributed by atoms with Gasteiger partial charge in [0.05, 0.1) is 5.78 Å². The molecule has 0 radical (unpaired) electrons. The van der Waals surface area contributed by atoms with E-state index in [9.17, 15) is 0 Å². The van der Waals surface area contributed by atoms with Crippen LogP contribution in [0.4, 0.5) is 0 Å². The zero-order valence-corrected chi connectivity index (χ0v) is 7.95. The van der Waals surface area contributed by atoms with Gasteiger partial charge in [-0.1, -0.05) is 12.2 Å². The highest BCUT2D eigenvalue weighted by atomic mass is 31.2. The molecule has 0 aliphatic heterocycles. The first-order chi connectivity index (χ1) is 5.70. The maximum Gasteiger partial charge on any atom is 0.183 e. The Morgan fingerprint density at radius 1 is 1.50 bits per heavy atom. The maximum absolute atomic E-state index is 8.83. The zero-order valence-electron chi connectivity index (χ0n) is 7.06. The van der Waals surface area contributed by atoms with E-state index in [1.54, 1.807) is 0 Å². The Bertz CT molecular complexity index is 161. The van der Waals surface area contributed by atoms with Crippen LogP contribution in [-0.2, 0) is 0 Å². The molecule has 2 unspecified atom stereocenters. The van der Waals surface area contributed by atoms with E-state index >= 15 is 0 Å². The lowest BCUT2D eigenvalue weighted by Gasteiger charge is -2.21. The van der Waals surface area contributed by atoms with Gasteiger partial charge in [0.1, 0.15) is 0 Å². The Balaban J connectivity index is 2.25. The van der Waals surface area contributed by atoms with Crippen molar-refractivity contribution in [1.29, 1.82) is 0 Å². The van der Waals surface area contributed by atoms with Crippen LogP contribution in [0.2, 0.25) is 0 Å². The van der Waals surface area contributed by atoms with Crippen LogP contribution in [0.3, 0.4) is 0 Å². The molecule has 0 saturated heterocycles. The second-order valence-corrected chi connectivity index (χ2v) is 4.58. The summed E-state index contributed by atoms with van der Waals surface area (Å²) in [5.41, 5.74) is 5.55. The van der Waals surface area contributed by atoms with Gasteiger partial charge >= 0.3 is 0 Å². The molecule has 70 valence electrons. The minimum Gasteiger partial charge on any atom is -0.349 e. The van der Waals surface area contributed by atoms with Gasteiger partial charge in [-0.3, -0.25) is 0 Å². The Kier molecular flexibility index (Phi) is 4.16. The lowest BCUT2D eigenvalue weighted by molar-refractivity contribution is 0.403. The summed E-state index contributed by atoms with van der Waals surface area (Å²) >= 11 is 0. The number of rotatable bonds is 3. The molecule has 12 heavy (non-hydrogen) atoms. The van der Waals surface area contributed by atoms with E-state index < -0.39 is 14.2 Å². The second-order valence-electron chi connectivity index (χ2n) is 3.27. The van der Waals surface area contributed by atoms with Gasteiger partial charge in [-0.25, -0.2) is 0 Å². The molecule has 0 heterocycles. The zero-order chi connectivity index (χ0) is 8.97. The standard InChI is InChI=1S/C8H16NO2P/c9-8(12(10)11)6-7-4-2-1-3-5-7/h1-2,7-8,10-11H,3-6,9H2. The van der Waals surface area contributed by atoms with Crippen LogP contribution in [0.1, 0.15) is 25.7 Å². The number of nitrogens with two attached hydrogens (primary N) is 1. The van der Waals surface area contributed by atoms with E-state index in [-0.39, 0.29) is 0 Å². The lowest BCUT2D eigenvalue weighted by Crippen LogP contribution is -2.22. The van der Waals surface area contributed by atoms with Crippen molar-refractivity contribution < 1.29 is 9.79 Å². The van der Waals surface area contributed by atoms with E-state index in [4.69, 9.17) is 15.5 Å². The summed E-state index contributed by atoms with van der Waals surface area (Å²) in [5, 5.41) is 0. The van der Waals surface area contributed by atoms with E-state index in [2.05, 4.69) is 12.2 Å². The van der Waals surface area contributed by atoms with E-state index in [0.29, 0.717) is 5.92 Å². The monoisotopic (exact) mass is 189 g/mol. The third kappa shape index (κ3) is 3.20. The molecule has 0 saturated carbocycles. The van der Waals surface area contributed by atoms with Crippen molar-refractivity contribution in [3.8, 4) is 0 Å². The number of hydrogen-bond donors (Lipinski definition) is 3. The van der Waals surface area contributed by atoms with Gasteiger partial charge in [0.25, 0.3) is 0 Å². The van der Waals surface area contributed by atoms with Crippen molar-refractivity contribution in [2.45, 2.75) is 31.5 Å². The van der Waals surface area contributed by atoms with Crippen LogP contribution >= 0.6 is 8.38 Å². The van der Waals surface area contributed by atoms with Crippen LogP contribution in [0.15, 0.2) is 12.2 Å². The van der Waals surface area contributed by atoms with Crippen LogP contribution in [0.5, 0.6) is 0 Å². The quantitative estimate of drug-likeness (QED) is 0.463. The smallest absolute Gasteiger partial charge is 0.183 e. The van der Waals surface area contributed by atoms with Gasteiger partial charge in [-0.2, -0.15) is 0 Å². The SMILES string of the molecule is NC(CC1CC=CCC1)P(O)O. The van der Waals surface area contributed by atoms with Gasteiger partial charge in [-0.05, 0) is 31.6 Å². The van der Waals surface area contributed by atoms with E-state index in [1.165, 1.54) is 0 Å². The van der Waals surface area contributed by atoms with Crippen molar-refractivity contribution in [3.63, 3.8) is 0 Å². The average Bonchev–Trinajstić information content (AvgIpc) is 2.06. The molecule has 0 aromatic heterocycles. The van der Waals surface area contributed by atoms with Gasteiger partial charge in [0, 0.05) is 0 Å². The molecule has 1 rings (SSSR count). The third-order valence-corrected chi connectivity index (χ3v) is 3.05. The molecule has 2 atom stereocenters. The van der Waals surface area contributed by atoms with Crippen molar-refractivity contribution in [2.75, 3.05) is 0 Å². The summed E-state index contributed by atoms with van der Waals surface area (Å²) in [5.74, 6) is 0.130. The highest BCUT2D eigenvalue weighted by Gasteiger charge is 2.18. The summed E-state index contributed by atoms with van der Waals surface area (Å²) < 4.78 is 0. The summed E-state index contributed by atoms with van der Waals surface area (Å²) in [4.78, 5) is 17.7. The molecule has 0 spiro atoms. The van der Waals surface area contributed by atoms with Gasteiger partial charge < -0.3 is 15.5 Å². The van der Waals surface area contributed by atoms with E-state index in [1.807, 2.05) is 0 Å². The van der Waals surface area contributed by atoms with Crippen molar-refractivity contribution in [1.82, 2.24) is 0 Å². The predicted octanol–water partition coefficient (Wildman–Crippen LogP) is 1.31. The van der Waals surface area contributed by atoms with Crippen LogP contribution in [0, 0.1) is 5.92 Å². The lowest BCUT2D eigenvalue weighted by atomic mass is 9.91. The minimum absolute atomic E-state index is 0.420. The Labute approximate surface area is 74.2 Å². The van der Waals surface area contributed by atoms with E-state index in [0.717, 1.165) is 25.7 Å². The third-order valence-electron chi connectivity index (χ3n) is 2.25. The van der Waals surface area contributed by atoms with Gasteiger partial charge in [0.15, 0.2) is 8.38 Å². The second kappa shape index (κ2) is 4.93. The maximum atomic E-state index is 8.83. The molecule has 0 aromatic rings. The van der Waals surface area contributed by atoms with Crippen LogP contribution < -0.4 is 5.73 Å². The number of hydrogen-bond acceptors (Lipinski definition) is 3. The van der Waals surface area contributed by atoms with Crippen LogP contribution in [-0.4, -0.2) is 15.6 Å². The Morgan fingerprint density at radius 2 is 2.25 bits per heavy atom. The van der Waals surface area contributed by atoms with Crippen molar-refractivity contribution in [2.24, 2.45) is 11.7 Å². The molecule has 0 aromatic carbocycles. The van der Waals surface area contributed by atoms with Crippen LogP contribution in [0.25, 0.3) is 0 Å². The molecule has 3 nitrogen and oxygen atoms in total. The van der Waals surface area contributed by atoms with Gasteiger partial charge in [0.2, 0.25) is 0 Å². The fourth-order valence-corrected chi connectivity index (χ4v) is 1.99. The Hall–Kier alpha value is 0.0500. The molecular weight excluding hydrogens is 173 g/mol. The fourth-order valence-electron chi connectivity index (χ4n) is 1.51. The normalized spacial score (nSPS) is 26.2. The molecule has 4 N–H and O–H groups in total. The first-order valence-corrected chi connectivity index (χ1v) is 5.59. The molecule has 1 aliphatic carbocycles.